The molecule has 20 heavy (non-hydrogen) atoms. The van der Waals surface area contributed by atoms with E-state index < -0.39 is 5.97 Å². The molecule has 1 aromatic rings. The summed E-state index contributed by atoms with van der Waals surface area (Å²) in [7, 11) is 2.13. The van der Waals surface area contributed by atoms with E-state index in [0.717, 1.165) is 31.6 Å². The molecule has 0 aromatic heterocycles. The van der Waals surface area contributed by atoms with Crippen LogP contribution in [-0.4, -0.2) is 53.6 Å². The molecular weight excluding hydrogens is 254 g/mol. The van der Waals surface area contributed by atoms with Crippen molar-refractivity contribution >= 4 is 11.7 Å². The Balaban J connectivity index is 2.21. The SMILES string of the molecule is CC1CN(C)CCCN1Cc1cccc(N)c1C(=O)O. The number of nitrogens with two attached hydrogens (primary N) is 1. The highest BCUT2D eigenvalue weighted by molar-refractivity contribution is 5.95. The van der Waals surface area contributed by atoms with Crippen LogP contribution in [0, 0.1) is 0 Å². The van der Waals surface area contributed by atoms with Gasteiger partial charge in [0.15, 0.2) is 0 Å². The molecule has 1 aromatic carbocycles. The van der Waals surface area contributed by atoms with Crippen LogP contribution in [0.2, 0.25) is 0 Å². The maximum atomic E-state index is 11.4. The van der Waals surface area contributed by atoms with E-state index in [9.17, 15) is 9.90 Å². The van der Waals surface area contributed by atoms with Gasteiger partial charge >= 0.3 is 5.97 Å². The van der Waals surface area contributed by atoms with Crippen LogP contribution in [-0.2, 0) is 6.54 Å². The fraction of sp³-hybridized carbons (Fsp3) is 0.533. The zero-order valence-corrected chi connectivity index (χ0v) is 12.2. The van der Waals surface area contributed by atoms with Gasteiger partial charge in [-0.1, -0.05) is 12.1 Å². The lowest BCUT2D eigenvalue weighted by Crippen LogP contribution is -2.37. The Labute approximate surface area is 120 Å². The van der Waals surface area contributed by atoms with Gasteiger partial charge in [-0.05, 0) is 38.6 Å². The second-order valence-electron chi connectivity index (χ2n) is 5.62. The van der Waals surface area contributed by atoms with Gasteiger partial charge in [0.1, 0.15) is 0 Å². The number of hydrogen-bond donors (Lipinski definition) is 2. The summed E-state index contributed by atoms with van der Waals surface area (Å²) in [5, 5.41) is 9.33. The molecule has 5 heteroatoms. The molecule has 0 radical (unpaired) electrons. The Morgan fingerprint density at radius 1 is 1.45 bits per heavy atom. The molecule has 0 aliphatic carbocycles. The number of anilines is 1. The Hall–Kier alpha value is -1.59. The maximum Gasteiger partial charge on any atom is 0.338 e. The van der Waals surface area contributed by atoms with E-state index in [1.54, 1.807) is 6.07 Å². The van der Waals surface area contributed by atoms with Crippen LogP contribution in [0.4, 0.5) is 5.69 Å². The molecule has 1 heterocycles. The predicted octanol–water partition coefficient (Wildman–Crippen LogP) is 1.49. The van der Waals surface area contributed by atoms with Gasteiger partial charge in [-0.25, -0.2) is 4.79 Å². The summed E-state index contributed by atoms with van der Waals surface area (Å²) in [6, 6.07) is 5.74. The summed E-state index contributed by atoms with van der Waals surface area (Å²) in [6.45, 7) is 5.91. The topological polar surface area (TPSA) is 69.8 Å². The molecule has 110 valence electrons. The van der Waals surface area contributed by atoms with Crippen molar-refractivity contribution in [1.29, 1.82) is 0 Å². The number of carbonyl (C=O) groups is 1. The Morgan fingerprint density at radius 3 is 2.90 bits per heavy atom. The summed E-state index contributed by atoms with van der Waals surface area (Å²) < 4.78 is 0. The van der Waals surface area contributed by atoms with Gasteiger partial charge in [0, 0.05) is 31.4 Å². The predicted molar refractivity (Wildman–Crippen MR) is 79.8 cm³/mol. The average molecular weight is 277 g/mol. The zero-order chi connectivity index (χ0) is 14.7. The lowest BCUT2D eigenvalue weighted by molar-refractivity contribution is 0.0695. The monoisotopic (exact) mass is 277 g/mol. The number of aromatic carboxylic acids is 1. The minimum absolute atomic E-state index is 0.248. The number of carboxylic acids is 1. The van der Waals surface area contributed by atoms with E-state index in [1.165, 1.54) is 0 Å². The maximum absolute atomic E-state index is 11.4. The van der Waals surface area contributed by atoms with Crippen molar-refractivity contribution in [1.82, 2.24) is 9.80 Å². The number of carboxylic acid groups (broad SMARTS) is 1. The fourth-order valence-electron chi connectivity index (χ4n) is 2.89. The zero-order valence-electron chi connectivity index (χ0n) is 12.2. The lowest BCUT2D eigenvalue weighted by atomic mass is 10.0. The largest absolute Gasteiger partial charge is 0.478 e. The average Bonchev–Trinajstić information content (AvgIpc) is 2.51. The summed E-state index contributed by atoms with van der Waals surface area (Å²) in [6.07, 6.45) is 1.10. The second kappa shape index (κ2) is 6.24. The summed E-state index contributed by atoms with van der Waals surface area (Å²) in [5.41, 5.74) is 7.20. The van der Waals surface area contributed by atoms with Crippen LogP contribution in [0.15, 0.2) is 18.2 Å². The molecule has 1 fully saturated rings. The molecule has 5 nitrogen and oxygen atoms in total. The van der Waals surface area contributed by atoms with E-state index in [1.807, 2.05) is 12.1 Å². The van der Waals surface area contributed by atoms with Crippen LogP contribution in [0.1, 0.15) is 29.3 Å². The molecule has 2 rings (SSSR count). The molecule has 3 N–H and O–H groups in total. The molecule has 1 atom stereocenters. The highest BCUT2D eigenvalue weighted by Crippen LogP contribution is 2.21. The van der Waals surface area contributed by atoms with Gasteiger partial charge in [-0.15, -0.1) is 0 Å². The molecular formula is C15H23N3O2. The van der Waals surface area contributed by atoms with Crippen molar-refractivity contribution in [2.45, 2.75) is 25.9 Å². The first-order chi connectivity index (χ1) is 9.49. The summed E-state index contributed by atoms with van der Waals surface area (Å²) >= 11 is 0. The third-order valence-electron chi connectivity index (χ3n) is 3.95. The molecule has 1 aliphatic rings. The number of rotatable bonds is 3. The summed E-state index contributed by atoms with van der Waals surface area (Å²) in [5.74, 6) is -0.947. The van der Waals surface area contributed by atoms with Crippen LogP contribution in [0.25, 0.3) is 0 Å². The number of nitrogens with zero attached hydrogens (tertiary/aromatic N) is 2. The van der Waals surface area contributed by atoms with E-state index in [4.69, 9.17) is 5.73 Å². The third kappa shape index (κ3) is 3.29. The molecule has 0 amide bonds. The fourth-order valence-corrected chi connectivity index (χ4v) is 2.89. The van der Waals surface area contributed by atoms with E-state index in [2.05, 4.69) is 23.8 Å². The van der Waals surface area contributed by atoms with E-state index in [-0.39, 0.29) is 5.56 Å². The van der Waals surface area contributed by atoms with Gasteiger partial charge < -0.3 is 15.7 Å². The first-order valence-electron chi connectivity index (χ1n) is 7.02. The van der Waals surface area contributed by atoms with Gasteiger partial charge in [-0.3, -0.25) is 4.90 Å². The number of likely N-dealkylation sites (N-methyl/N-ethyl adjacent to an activating group) is 1. The summed E-state index contributed by atoms with van der Waals surface area (Å²) in [4.78, 5) is 16.0. The number of nitrogen functional groups attached to an aromatic ring is 1. The van der Waals surface area contributed by atoms with Gasteiger partial charge in [0.05, 0.1) is 5.56 Å². The highest BCUT2D eigenvalue weighted by atomic mass is 16.4. The minimum atomic E-state index is -0.947. The smallest absolute Gasteiger partial charge is 0.338 e. The van der Waals surface area contributed by atoms with Crippen LogP contribution < -0.4 is 5.73 Å². The molecule has 1 aliphatic heterocycles. The van der Waals surface area contributed by atoms with Crippen molar-refractivity contribution in [2.75, 3.05) is 32.4 Å². The third-order valence-corrected chi connectivity index (χ3v) is 3.95. The Morgan fingerprint density at radius 2 is 2.20 bits per heavy atom. The molecule has 0 saturated carbocycles. The van der Waals surface area contributed by atoms with Crippen LogP contribution in [0.3, 0.4) is 0 Å². The van der Waals surface area contributed by atoms with Crippen molar-refractivity contribution in [3.8, 4) is 0 Å². The van der Waals surface area contributed by atoms with E-state index in [0.29, 0.717) is 18.3 Å². The first-order valence-corrected chi connectivity index (χ1v) is 7.02. The van der Waals surface area contributed by atoms with Gasteiger partial charge in [0.2, 0.25) is 0 Å². The standard InChI is InChI=1S/C15H23N3O2/c1-11-9-17(2)7-4-8-18(11)10-12-5-3-6-13(16)14(12)15(19)20/h3,5-6,11H,4,7-10,16H2,1-2H3,(H,19,20). The second-order valence-corrected chi connectivity index (χ2v) is 5.62. The van der Waals surface area contributed by atoms with Crippen molar-refractivity contribution in [3.63, 3.8) is 0 Å². The van der Waals surface area contributed by atoms with Crippen molar-refractivity contribution < 1.29 is 9.90 Å². The van der Waals surface area contributed by atoms with Gasteiger partial charge in [-0.2, -0.15) is 0 Å². The highest BCUT2D eigenvalue weighted by Gasteiger charge is 2.22. The minimum Gasteiger partial charge on any atom is -0.478 e. The Kier molecular flexibility index (Phi) is 4.62. The van der Waals surface area contributed by atoms with Crippen molar-refractivity contribution in [2.24, 2.45) is 0 Å². The quantitative estimate of drug-likeness (QED) is 0.819. The lowest BCUT2D eigenvalue weighted by Gasteiger charge is -2.28. The normalized spacial score (nSPS) is 21.6. The van der Waals surface area contributed by atoms with Crippen LogP contribution in [0.5, 0.6) is 0 Å². The van der Waals surface area contributed by atoms with E-state index >= 15 is 0 Å². The molecule has 1 saturated heterocycles. The van der Waals surface area contributed by atoms with Gasteiger partial charge in [0.25, 0.3) is 0 Å². The first kappa shape index (κ1) is 14.8. The van der Waals surface area contributed by atoms with Crippen molar-refractivity contribution in [3.05, 3.63) is 29.3 Å². The number of benzene rings is 1. The Bertz CT molecular complexity index is 490. The molecule has 0 bridgehead atoms. The number of hydrogen-bond acceptors (Lipinski definition) is 4. The van der Waals surface area contributed by atoms with Crippen LogP contribution >= 0.6 is 0 Å². The molecule has 0 spiro atoms. The molecule has 1 unspecified atom stereocenters.